The number of carbonyl (C=O) groups excluding carboxylic acids is 1. The Bertz CT molecular complexity index is 1020. The molecular formula is C18H18N4O3S. The van der Waals surface area contributed by atoms with E-state index in [1.807, 2.05) is 26.0 Å². The van der Waals surface area contributed by atoms with Crippen molar-refractivity contribution in [1.82, 2.24) is 19.5 Å². The number of amides is 1. The van der Waals surface area contributed by atoms with Crippen LogP contribution in [-0.4, -0.2) is 28.5 Å². The van der Waals surface area contributed by atoms with E-state index in [0.717, 1.165) is 15.2 Å². The van der Waals surface area contributed by atoms with Gasteiger partial charge in [-0.1, -0.05) is 23.8 Å². The third-order valence-electron chi connectivity index (χ3n) is 3.77. The van der Waals surface area contributed by atoms with Crippen LogP contribution in [0.1, 0.15) is 27.3 Å². The molecule has 2 heterocycles. The number of rotatable bonds is 5. The van der Waals surface area contributed by atoms with Gasteiger partial charge in [-0.2, -0.15) is 17.6 Å². The largest absolute Gasteiger partial charge is 0.345 e. The highest BCUT2D eigenvalue weighted by Gasteiger charge is 2.19. The highest BCUT2D eigenvalue weighted by atomic mass is 32.2. The molecule has 0 fully saturated rings. The average Bonchev–Trinajstić information content (AvgIpc) is 3.12. The predicted molar refractivity (Wildman–Crippen MR) is 96.1 cm³/mol. The molecule has 26 heavy (non-hydrogen) atoms. The summed E-state index contributed by atoms with van der Waals surface area (Å²) in [7, 11) is -3.83. The lowest BCUT2D eigenvalue weighted by Crippen LogP contribution is -2.24. The number of pyridine rings is 1. The fraction of sp³-hybridized carbons (Fsp3) is 0.167. The number of hydrogen-bond acceptors (Lipinski definition) is 5. The van der Waals surface area contributed by atoms with Crippen molar-refractivity contribution >= 4 is 15.9 Å². The summed E-state index contributed by atoms with van der Waals surface area (Å²) in [6, 6.07) is 11.5. The number of carbonyl (C=O) groups is 1. The lowest BCUT2D eigenvalue weighted by Gasteiger charge is -2.05. The number of nitrogens with zero attached hydrogens (tertiary/aromatic N) is 3. The second-order valence-corrected chi connectivity index (χ2v) is 7.70. The Hall–Kier alpha value is -3.00. The Balaban J connectivity index is 1.73. The number of aryl methyl sites for hydroxylation is 2. The van der Waals surface area contributed by atoms with Crippen molar-refractivity contribution in [1.29, 1.82) is 0 Å². The number of aromatic nitrogens is 3. The first kappa shape index (κ1) is 17.8. The lowest BCUT2D eigenvalue weighted by atomic mass is 10.2. The van der Waals surface area contributed by atoms with Gasteiger partial charge in [0.05, 0.1) is 17.1 Å². The fourth-order valence-electron chi connectivity index (χ4n) is 2.24. The molecular weight excluding hydrogens is 352 g/mol. The molecule has 0 aliphatic rings. The van der Waals surface area contributed by atoms with Crippen LogP contribution in [0.3, 0.4) is 0 Å². The van der Waals surface area contributed by atoms with Gasteiger partial charge in [-0.05, 0) is 43.7 Å². The summed E-state index contributed by atoms with van der Waals surface area (Å²) >= 11 is 0. The van der Waals surface area contributed by atoms with Crippen molar-refractivity contribution in [3.8, 4) is 0 Å². The van der Waals surface area contributed by atoms with Crippen LogP contribution < -0.4 is 5.32 Å². The van der Waals surface area contributed by atoms with E-state index in [1.165, 1.54) is 24.4 Å². The first-order valence-electron chi connectivity index (χ1n) is 7.94. The Kier molecular flexibility index (Phi) is 4.85. The third kappa shape index (κ3) is 3.80. The van der Waals surface area contributed by atoms with Crippen molar-refractivity contribution in [2.24, 2.45) is 0 Å². The van der Waals surface area contributed by atoms with E-state index in [0.29, 0.717) is 5.69 Å². The Morgan fingerprint density at radius 2 is 1.73 bits per heavy atom. The quantitative estimate of drug-likeness (QED) is 0.742. The molecule has 0 saturated heterocycles. The van der Waals surface area contributed by atoms with E-state index >= 15 is 0 Å². The summed E-state index contributed by atoms with van der Waals surface area (Å²) in [6.45, 7) is 4.03. The zero-order chi connectivity index (χ0) is 18.7. The van der Waals surface area contributed by atoms with E-state index in [1.54, 1.807) is 18.3 Å². The maximum absolute atomic E-state index is 12.6. The first-order chi connectivity index (χ1) is 12.4. The normalized spacial score (nSPS) is 11.3. The molecule has 0 unspecified atom stereocenters. The molecule has 0 aliphatic carbocycles. The van der Waals surface area contributed by atoms with E-state index in [-0.39, 0.29) is 17.1 Å². The molecule has 7 nitrogen and oxygen atoms in total. The Morgan fingerprint density at radius 1 is 1.04 bits per heavy atom. The van der Waals surface area contributed by atoms with Crippen molar-refractivity contribution in [3.05, 3.63) is 77.4 Å². The number of hydrogen-bond donors (Lipinski definition) is 1. The first-order valence-corrected chi connectivity index (χ1v) is 9.38. The van der Waals surface area contributed by atoms with E-state index in [9.17, 15) is 13.2 Å². The van der Waals surface area contributed by atoms with Gasteiger partial charge in [0.25, 0.3) is 15.9 Å². The predicted octanol–water partition coefficient (Wildman–Crippen LogP) is 2.06. The van der Waals surface area contributed by atoms with E-state index in [4.69, 9.17) is 0 Å². The molecule has 1 aromatic carbocycles. The molecule has 0 saturated carbocycles. The molecule has 0 bridgehead atoms. The summed E-state index contributed by atoms with van der Waals surface area (Å²) in [6.07, 6.45) is 2.97. The molecule has 0 radical (unpaired) electrons. The fourth-order valence-corrected chi connectivity index (χ4v) is 3.36. The summed E-state index contributed by atoms with van der Waals surface area (Å²) < 4.78 is 25.9. The van der Waals surface area contributed by atoms with Crippen LogP contribution in [0.5, 0.6) is 0 Å². The maximum Gasteiger partial charge on any atom is 0.282 e. The molecule has 1 N–H and O–H groups in total. The van der Waals surface area contributed by atoms with Gasteiger partial charge in [-0.3, -0.25) is 9.78 Å². The highest BCUT2D eigenvalue weighted by Crippen LogP contribution is 2.14. The van der Waals surface area contributed by atoms with Crippen molar-refractivity contribution in [3.63, 3.8) is 0 Å². The summed E-state index contributed by atoms with van der Waals surface area (Å²) in [5, 5.41) is 6.58. The SMILES string of the molecule is Cc1ccc(S(=O)(=O)n2ccc(C(=O)NCc3ccc(C)cn3)n2)cc1. The average molecular weight is 370 g/mol. The van der Waals surface area contributed by atoms with Crippen LogP contribution in [-0.2, 0) is 16.6 Å². The smallest absolute Gasteiger partial charge is 0.282 e. The molecule has 8 heteroatoms. The van der Waals surface area contributed by atoms with Gasteiger partial charge >= 0.3 is 0 Å². The number of nitrogens with one attached hydrogen (secondary N) is 1. The zero-order valence-corrected chi connectivity index (χ0v) is 15.2. The van der Waals surface area contributed by atoms with Gasteiger partial charge in [0, 0.05) is 12.4 Å². The molecule has 0 spiro atoms. The molecule has 134 valence electrons. The zero-order valence-electron chi connectivity index (χ0n) is 14.4. The van der Waals surface area contributed by atoms with Gasteiger partial charge in [-0.15, -0.1) is 0 Å². The van der Waals surface area contributed by atoms with E-state index < -0.39 is 15.9 Å². The second-order valence-electron chi connectivity index (χ2n) is 5.90. The molecule has 0 aliphatic heterocycles. The topological polar surface area (TPSA) is 94.0 Å². The van der Waals surface area contributed by atoms with Gasteiger partial charge in [-0.25, -0.2) is 0 Å². The molecule has 3 rings (SSSR count). The van der Waals surface area contributed by atoms with Crippen LogP contribution in [0, 0.1) is 13.8 Å². The lowest BCUT2D eigenvalue weighted by molar-refractivity contribution is 0.0945. The summed E-state index contributed by atoms with van der Waals surface area (Å²) in [4.78, 5) is 16.5. The van der Waals surface area contributed by atoms with Gasteiger partial charge in [0.2, 0.25) is 0 Å². The van der Waals surface area contributed by atoms with Crippen LogP contribution in [0.15, 0.2) is 59.8 Å². The van der Waals surface area contributed by atoms with Gasteiger partial charge in [0.15, 0.2) is 5.69 Å². The second kappa shape index (κ2) is 7.09. The minimum atomic E-state index is -3.83. The third-order valence-corrected chi connectivity index (χ3v) is 5.33. The van der Waals surface area contributed by atoms with Crippen LogP contribution >= 0.6 is 0 Å². The summed E-state index contributed by atoms with van der Waals surface area (Å²) in [5.74, 6) is -0.467. The Labute approximate surface area is 151 Å². The maximum atomic E-state index is 12.6. The molecule has 3 aromatic rings. The van der Waals surface area contributed by atoms with Crippen LogP contribution in [0.4, 0.5) is 0 Å². The standard InChI is InChI=1S/C18H18N4O3S/c1-13-4-7-16(8-5-13)26(24,25)22-10-9-17(21-22)18(23)20-12-15-6-3-14(2)11-19-15/h3-11H,12H2,1-2H3,(H,20,23). The number of benzene rings is 1. The molecule has 1 amide bonds. The van der Waals surface area contributed by atoms with Crippen molar-refractivity contribution in [2.75, 3.05) is 0 Å². The van der Waals surface area contributed by atoms with E-state index in [2.05, 4.69) is 15.4 Å². The Morgan fingerprint density at radius 3 is 2.38 bits per heavy atom. The van der Waals surface area contributed by atoms with Crippen molar-refractivity contribution < 1.29 is 13.2 Å². The van der Waals surface area contributed by atoms with Crippen molar-refractivity contribution in [2.45, 2.75) is 25.3 Å². The highest BCUT2D eigenvalue weighted by molar-refractivity contribution is 7.89. The minimum Gasteiger partial charge on any atom is -0.345 e. The minimum absolute atomic E-state index is 0.0211. The summed E-state index contributed by atoms with van der Waals surface area (Å²) in [5.41, 5.74) is 2.71. The van der Waals surface area contributed by atoms with Gasteiger partial charge in [0.1, 0.15) is 0 Å². The molecule has 2 aromatic heterocycles. The van der Waals surface area contributed by atoms with Crippen LogP contribution in [0.25, 0.3) is 0 Å². The van der Waals surface area contributed by atoms with Gasteiger partial charge < -0.3 is 5.32 Å². The van der Waals surface area contributed by atoms with Crippen LogP contribution in [0.2, 0.25) is 0 Å². The molecule has 0 atom stereocenters. The monoisotopic (exact) mass is 370 g/mol.